The molecule has 6 nitrogen and oxygen atoms in total. The van der Waals surface area contributed by atoms with E-state index in [9.17, 15) is 14.7 Å². The van der Waals surface area contributed by atoms with Crippen LogP contribution in [-0.2, 0) is 9.53 Å². The minimum atomic E-state index is -0.939. The van der Waals surface area contributed by atoms with Crippen LogP contribution in [0.3, 0.4) is 0 Å². The minimum absolute atomic E-state index is 0.158. The van der Waals surface area contributed by atoms with Crippen LogP contribution in [0.5, 0.6) is 0 Å². The van der Waals surface area contributed by atoms with Gasteiger partial charge in [0.1, 0.15) is 22.0 Å². The van der Waals surface area contributed by atoms with Crippen molar-refractivity contribution in [3.63, 3.8) is 0 Å². The summed E-state index contributed by atoms with van der Waals surface area (Å²) in [6.45, 7) is 6.65. The van der Waals surface area contributed by atoms with Crippen LogP contribution in [0.4, 0.5) is 0 Å². The highest BCUT2D eigenvalue weighted by molar-refractivity contribution is 7.13. The van der Waals surface area contributed by atoms with Crippen molar-refractivity contribution in [1.82, 2.24) is 9.88 Å². The summed E-state index contributed by atoms with van der Waals surface area (Å²) in [5, 5.41) is 9.94. The first-order chi connectivity index (χ1) is 9.95. The fourth-order valence-corrected chi connectivity index (χ4v) is 3.53. The number of ether oxygens (including phenoxy) is 1. The molecule has 0 aliphatic carbocycles. The summed E-state index contributed by atoms with van der Waals surface area (Å²) in [5.41, 5.74) is 0.641. The first-order valence-corrected chi connectivity index (χ1v) is 7.90. The first kappa shape index (κ1) is 15.9. The number of aromatic nitrogens is 1. The van der Waals surface area contributed by atoms with E-state index in [2.05, 4.69) is 4.98 Å². The highest BCUT2D eigenvalue weighted by atomic mass is 32.1. The van der Waals surface area contributed by atoms with E-state index in [0.717, 1.165) is 11.4 Å². The van der Waals surface area contributed by atoms with Gasteiger partial charge in [-0.1, -0.05) is 0 Å². The third-order valence-electron chi connectivity index (χ3n) is 3.57. The van der Waals surface area contributed by atoms with E-state index in [-0.39, 0.29) is 12.0 Å². The Labute approximate surface area is 127 Å². The molecule has 1 aliphatic rings. The quantitative estimate of drug-likeness (QED) is 0.902. The third-order valence-corrected chi connectivity index (χ3v) is 4.88. The van der Waals surface area contributed by atoms with E-state index in [0.29, 0.717) is 30.1 Å². The molecule has 2 unspecified atom stereocenters. The van der Waals surface area contributed by atoms with Crippen LogP contribution in [0.15, 0.2) is 0 Å². The average Bonchev–Trinajstić information content (AvgIpc) is 3.04. The van der Waals surface area contributed by atoms with E-state index < -0.39 is 12.0 Å². The molecule has 116 valence electrons. The first-order valence-electron chi connectivity index (χ1n) is 7.08. The molecular weight excluding hydrogens is 292 g/mol. The van der Waals surface area contributed by atoms with Crippen LogP contribution in [-0.4, -0.2) is 46.1 Å². The zero-order valence-electron chi connectivity index (χ0n) is 12.5. The third kappa shape index (κ3) is 3.24. The van der Waals surface area contributed by atoms with Crippen LogP contribution in [0, 0.1) is 6.92 Å². The van der Waals surface area contributed by atoms with Crippen molar-refractivity contribution in [2.75, 3.05) is 13.2 Å². The summed E-state index contributed by atoms with van der Waals surface area (Å²) in [6.07, 6.45) is 1.08. The number of nitrogens with zero attached hydrogens (tertiary/aromatic N) is 2. The molecule has 0 saturated carbocycles. The fourth-order valence-electron chi connectivity index (χ4n) is 2.51. The maximum atomic E-state index is 12.6. The van der Waals surface area contributed by atoms with Gasteiger partial charge in [0.2, 0.25) is 0 Å². The smallest absolute Gasteiger partial charge is 0.326 e. The van der Waals surface area contributed by atoms with E-state index in [1.807, 2.05) is 13.8 Å². The van der Waals surface area contributed by atoms with Crippen molar-refractivity contribution in [3.8, 4) is 0 Å². The van der Waals surface area contributed by atoms with Gasteiger partial charge in [0.15, 0.2) is 0 Å². The van der Waals surface area contributed by atoms with Crippen LogP contribution in [0.1, 0.15) is 53.2 Å². The number of thiazole rings is 1. The molecule has 1 aromatic heterocycles. The topological polar surface area (TPSA) is 79.7 Å². The van der Waals surface area contributed by atoms with E-state index in [4.69, 9.17) is 4.74 Å². The van der Waals surface area contributed by atoms with Gasteiger partial charge in [-0.2, -0.15) is 0 Å². The number of likely N-dealkylation sites (tertiary alicyclic amines) is 1. The van der Waals surface area contributed by atoms with Crippen molar-refractivity contribution < 1.29 is 19.4 Å². The standard InChI is InChI=1S/C14H20N2O4S/c1-4-20-9(3)12-15-8(2)11(21-12)13(17)16-7-5-6-10(16)14(18)19/h9-10H,4-7H2,1-3H3,(H,18,19). The Morgan fingerprint density at radius 1 is 1.57 bits per heavy atom. The summed E-state index contributed by atoms with van der Waals surface area (Å²) in [7, 11) is 0. The number of carbonyl (C=O) groups is 2. The lowest BCUT2D eigenvalue weighted by atomic mass is 10.2. The number of hydrogen-bond acceptors (Lipinski definition) is 5. The number of aliphatic carboxylic acids is 1. The summed E-state index contributed by atoms with van der Waals surface area (Å²) < 4.78 is 5.49. The number of carboxylic acid groups (broad SMARTS) is 1. The largest absolute Gasteiger partial charge is 0.480 e. The Bertz CT molecular complexity index is 543. The lowest BCUT2D eigenvalue weighted by Gasteiger charge is -2.20. The van der Waals surface area contributed by atoms with E-state index in [1.54, 1.807) is 6.92 Å². The molecule has 2 heterocycles. The molecule has 1 saturated heterocycles. The summed E-state index contributed by atoms with van der Waals surface area (Å²) in [6, 6.07) is -0.716. The van der Waals surface area contributed by atoms with Crippen molar-refractivity contribution in [3.05, 3.63) is 15.6 Å². The number of hydrogen-bond donors (Lipinski definition) is 1. The molecule has 0 bridgehead atoms. The normalized spacial score (nSPS) is 19.8. The van der Waals surface area contributed by atoms with E-state index >= 15 is 0 Å². The predicted molar refractivity (Wildman–Crippen MR) is 78.6 cm³/mol. The number of rotatable bonds is 5. The van der Waals surface area contributed by atoms with Crippen molar-refractivity contribution in [2.24, 2.45) is 0 Å². The van der Waals surface area contributed by atoms with Gasteiger partial charge in [-0.15, -0.1) is 11.3 Å². The maximum Gasteiger partial charge on any atom is 0.326 e. The number of carboxylic acids is 1. The van der Waals surface area contributed by atoms with Crippen molar-refractivity contribution >= 4 is 23.2 Å². The second-order valence-corrected chi connectivity index (χ2v) is 6.09. The molecule has 7 heteroatoms. The Hall–Kier alpha value is -1.47. The van der Waals surface area contributed by atoms with Gasteiger partial charge >= 0.3 is 5.97 Å². The molecule has 0 aromatic carbocycles. The highest BCUT2D eigenvalue weighted by Gasteiger charge is 2.36. The van der Waals surface area contributed by atoms with Gasteiger partial charge in [0, 0.05) is 13.2 Å². The van der Waals surface area contributed by atoms with Gasteiger partial charge in [-0.25, -0.2) is 9.78 Å². The summed E-state index contributed by atoms with van der Waals surface area (Å²) in [4.78, 5) is 30.1. The SMILES string of the molecule is CCOC(C)c1nc(C)c(C(=O)N2CCCC2C(=O)O)s1. The van der Waals surface area contributed by atoms with Gasteiger partial charge < -0.3 is 14.7 Å². The second-order valence-electron chi connectivity index (χ2n) is 5.06. The second kappa shape index (κ2) is 6.53. The monoisotopic (exact) mass is 312 g/mol. The number of amides is 1. The summed E-state index contributed by atoms with van der Waals surface area (Å²) >= 11 is 1.30. The van der Waals surface area contributed by atoms with Gasteiger partial charge in [0.05, 0.1) is 5.69 Å². The Morgan fingerprint density at radius 3 is 2.90 bits per heavy atom. The van der Waals surface area contributed by atoms with Crippen molar-refractivity contribution in [1.29, 1.82) is 0 Å². The van der Waals surface area contributed by atoms with E-state index in [1.165, 1.54) is 16.2 Å². The fraction of sp³-hybridized carbons (Fsp3) is 0.643. The van der Waals surface area contributed by atoms with Crippen LogP contribution in [0.2, 0.25) is 0 Å². The van der Waals surface area contributed by atoms with Gasteiger partial charge in [-0.3, -0.25) is 4.79 Å². The molecule has 2 atom stereocenters. The molecule has 1 N–H and O–H groups in total. The lowest BCUT2D eigenvalue weighted by molar-refractivity contribution is -0.141. The number of aryl methyl sites for hydroxylation is 1. The molecular formula is C14H20N2O4S. The molecule has 1 fully saturated rings. The zero-order chi connectivity index (χ0) is 15.6. The van der Waals surface area contributed by atoms with Gasteiger partial charge in [0.25, 0.3) is 5.91 Å². The maximum absolute atomic E-state index is 12.6. The zero-order valence-corrected chi connectivity index (χ0v) is 13.3. The van der Waals surface area contributed by atoms with Crippen molar-refractivity contribution in [2.45, 2.75) is 45.8 Å². The Balaban J connectivity index is 2.21. The highest BCUT2D eigenvalue weighted by Crippen LogP contribution is 2.29. The molecule has 2 rings (SSSR count). The Kier molecular flexibility index (Phi) is 4.95. The van der Waals surface area contributed by atoms with Crippen LogP contribution in [0.25, 0.3) is 0 Å². The molecule has 1 amide bonds. The molecule has 1 aromatic rings. The molecule has 0 spiro atoms. The van der Waals surface area contributed by atoms with Gasteiger partial charge in [-0.05, 0) is 33.6 Å². The lowest BCUT2D eigenvalue weighted by Crippen LogP contribution is -2.40. The molecule has 1 aliphatic heterocycles. The van der Waals surface area contributed by atoms with Crippen LogP contribution < -0.4 is 0 Å². The molecule has 0 radical (unpaired) electrons. The summed E-state index contributed by atoms with van der Waals surface area (Å²) in [5.74, 6) is -1.17. The minimum Gasteiger partial charge on any atom is -0.480 e. The Morgan fingerprint density at radius 2 is 2.29 bits per heavy atom. The number of carbonyl (C=O) groups excluding carboxylic acids is 1. The molecule has 21 heavy (non-hydrogen) atoms. The van der Waals surface area contributed by atoms with Crippen LogP contribution >= 0.6 is 11.3 Å². The predicted octanol–water partition coefficient (Wildman–Crippen LogP) is 2.24. The average molecular weight is 312 g/mol.